The number of rotatable bonds is 4. The summed E-state index contributed by atoms with van der Waals surface area (Å²) in [6.45, 7) is 0. The van der Waals surface area contributed by atoms with E-state index in [4.69, 9.17) is 0 Å². The molecule has 2 nitrogen and oxygen atoms in total. The summed E-state index contributed by atoms with van der Waals surface area (Å²) in [6, 6.07) is 24.5. The molecule has 0 heterocycles. The smallest absolute Gasteiger partial charge is 0.126 e. The molecular formula is C28H28O2. The minimum atomic E-state index is 0.455. The summed E-state index contributed by atoms with van der Waals surface area (Å²) in [5.41, 5.74) is 2.15. The van der Waals surface area contributed by atoms with Gasteiger partial charge in [-0.25, -0.2) is 0 Å². The fraction of sp³-hybridized carbons (Fsp3) is 0.286. The fourth-order valence-electron chi connectivity index (χ4n) is 5.19. The van der Waals surface area contributed by atoms with Gasteiger partial charge in [0.15, 0.2) is 0 Å². The van der Waals surface area contributed by atoms with Crippen molar-refractivity contribution in [3.05, 3.63) is 83.9 Å². The molecule has 1 aliphatic rings. The zero-order valence-corrected chi connectivity index (χ0v) is 17.2. The first-order valence-electron chi connectivity index (χ1n) is 11.1. The lowest BCUT2D eigenvalue weighted by atomic mass is 9.77. The minimum absolute atomic E-state index is 0.455. The maximum atomic E-state index is 10.7. The molecule has 4 aromatic carbocycles. The molecule has 0 bridgehead atoms. The maximum absolute atomic E-state index is 10.7. The van der Waals surface area contributed by atoms with Crippen molar-refractivity contribution in [1.29, 1.82) is 0 Å². The molecule has 0 aromatic heterocycles. The molecule has 1 aliphatic carbocycles. The van der Waals surface area contributed by atoms with E-state index < -0.39 is 0 Å². The van der Waals surface area contributed by atoms with Gasteiger partial charge in [-0.15, -0.1) is 0 Å². The quantitative estimate of drug-likeness (QED) is 0.390. The van der Waals surface area contributed by atoms with Gasteiger partial charge >= 0.3 is 0 Å². The molecule has 0 amide bonds. The second-order valence-electron chi connectivity index (χ2n) is 8.88. The van der Waals surface area contributed by atoms with Crippen molar-refractivity contribution >= 4 is 21.5 Å². The molecular weight excluding hydrogens is 368 g/mol. The lowest BCUT2D eigenvalue weighted by Crippen LogP contribution is -2.18. The number of aromatic hydroxyl groups is 2. The standard InChI is InChI=1S/C28H28O2/c29-27-23(15-13-21-5-1-3-7-25(21)27)17-19-9-11-20(12-10-19)18-24-16-14-22-6-2-4-8-26(22)28(24)30/h1-8,13-16,19-20,29-30H,9-12,17-18H2. The number of hydrogen-bond donors (Lipinski definition) is 2. The predicted molar refractivity (Wildman–Crippen MR) is 124 cm³/mol. The van der Waals surface area contributed by atoms with Gasteiger partial charge in [0.2, 0.25) is 0 Å². The number of fused-ring (bicyclic) bond motifs is 2. The monoisotopic (exact) mass is 396 g/mol. The van der Waals surface area contributed by atoms with E-state index in [0.717, 1.165) is 45.5 Å². The Morgan fingerprint density at radius 3 is 1.37 bits per heavy atom. The SMILES string of the molecule is Oc1c(CC2CCC(Cc3ccc4ccccc4c3O)CC2)ccc2ccccc12. The highest BCUT2D eigenvalue weighted by Gasteiger charge is 2.23. The van der Waals surface area contributed by atoms with Gasteiger partial charge in [0, 0.05) is 10.8 Å². The molecule has 2 N–H and O–H groups in total. The van der Waals surface area contributed by atoms with E-state index in [1.165, 1.54) is 25.7 Å². The van der Waals surface area contributed by atoms with Crippen LogP contribution in [-0.2, 0) is 12.8 Å². The number of phenolic OH excluding ortho intramolecular Hbond substituents is 2. The lowest BCUT2D eigenvalue weighted by molar-refractivity contribution is 0.269. The average Bonchev–Trinajstić information content (AvgIpc) is 2.79. The van der Waals surface area contributed by atoms with Crippen LogP contribution in [0.25, 0.3) is 21.5 Å². The normalized spacial score (nSPS) is 19.3. The van der Waals surface area contributed by atoms with Gasteiger partial charge in [0.1, 0.15) is 11.5 Å². The molecule has 4 aromatic rings. The largest absolute Gasteiger partial charge is 0.507 e. The molecule has 1 fully saturated rings. The molecule has 152 valence electrons. The second kappa shape index (κ2) is 8.02. The Hall–Kier alpha value is -3.00. The van der Waals surface area contributed by atoms with E-state index in [9.17, 15) is 10.2 Å². The zero-order valence-electron chi connectivity index (χ0n) is 17.2. The Morgan fingerprint density at radius 1 is 0.533 bits per heavy atom. The highest BCUT2D eigenvalue weighted by Crippen LogP contribution is 2.38. The summed E-state index contributed by atoms with van der Waals surface area (Å²) in [5, 5.41) is 25.5. The molecule has 0 aliphatic heterocycles. The van der Waals surface area contributed by atoms with Gasteiger partial charge in [-0.2, -0.15) is 0 Å². The van der Waals surface area contributed by atoms with Crippen LogP contribution < -0.4 is 0 Å². The molecule has 0 radical (unpaired) electrons. The third-order valence-electron chi connectivity index (χ3n) is 6.95. The van der Waals surface area contributed by atoms with Gasteiger partial charge in [-0.1, -0.05) is 72.8 Å². The van der Waals surface area contributed by atoms with Gasteiger partial charge in [0.05, 0.1) is 0 Å². The summed E-state index contributed by atoms with van der Waals surface area (Å²) >= 11 is 0. The Kier molecular flexibility index (Phi) is 5.08. The van der Waals surface area contributed by atoms with Crippen molar-refractivity contribution in [3.8, 4) is 11.5 Å². The van der Waals surface area contributed by atoms with Crippen molar-refractivity contribution in [2.24, 2.45) is 11.8 Å². The lowest BCUT2D eigenvalue weighted by Gasteiger charge is -2.29. The number of phenols is 2. The molecule has 0 atom stereocenters. The van der Waals surface area contributed by atoms with E-state index in [1.807, 2.05) is 48.5 Å². The Labute approximate surface area is 177 Å². The minimum Gasteiger partial charge on any atom is -0.507 e. The topological polar surface area (TPSA) is 40.5 Å². The van der Waals surface area contributed by atoms with Gasteiger partial charge in [0.25, 0.3) is 0 Å². The first kappa shape index (κ1) is 19.0. The van der Waals surface area contributed by atoms with Crippen LogP contribution >= 0.6 is 0 Å². The molecule has 30 heavy (non-hydrogen) atoms. The van der Waals surface area contributed by atoms with Gasteiger partial charge in [-0.3, -0.25) is 0 Å². The maximum Gasteiger partial charge on any atom is 0.126 e. The van der Waals surface area contributed by atoms with Crippen LogP contribution in [0.3, 0.4) is 0 Å². The van der Waals surface area contributed by atoms with Crippen LogP contribution in [0.1, 0.15) is 36.8 Å². The van der Waals surface area contributed by atoms with Crippen LogP contribution in [0.4, 0.5) is 0 Å². The second-order valence-corrected chi connectivity index (χ2v) is 8.88. The van der Waals surface area contributed by atoms with E-state index in [1.54, 1.807) is 0 Å². The van der Waals surface area contributed by atoms with E-state index in [-0.39, 0.29) is 0 Å². The van der Waals surface area contributed by atoms with E-state index in [2.05, 4.69) is 24.3 Å². The van der Waals surface area contributed by atoms with E-state index in [0.29, 0.717) is 23.3 Å². The third kappa shape index (κ3) is 3.63. The van der Waals surface area contributed by atoms with Crippen molar-refractivity contribution in [2.45, 2.75) is 38.5 Å². The Morgan fingerprint density at radius 2 is 0.933 bits per heavy atom. The molecule has 1 saturated carbocycles. The summed E-state index contributed by atoms with van der Waals surface area (Å²) < 4.78 is 0. The summed E-state index contributed by atoms with van der Waals surface area (Å²) in [7, 11) is 0. The van der Waals surface area contributed by atoms with Crippen LogP contribution in [0.2, 0.25) is 0 Å². The molecule has 0 spiro atoms. The van der Waals surface area contributed by atoms with Crippen LogP contribution in [0, 0.1) is 11.8 Å². The van der Waals surface area contributed by atoms with E-state index >= 15 is 0 Å². The highest BCUT2D eigenvalue weighted by atomic mass is 16.3. The molecule has 5 rings (SSSR count). The summed E-state index contributed by atoms with van der Waals surface area (Å²) in [5.74, 6) is 2.16. The number of benzene rings is 4. The number of hydrogen-bond acceptors (Lipinski definition) is 2. The summed E-state index contributed by atoms with van der Waals surface area (Å²) in [4.78, 5) is 0. The Bertz CT molecular complexity index is 1090. The highest BCUT2D eigenvalue weighted by molar-refractivity contribution is 5.90. The summed E-state index contributed by atoms with van der Waals surface area (Å²) in [6.07, 6.45) is 6.64. The average molecular weight is 397 g/mol. The first-order chi connectivity index (χ1) is 14.7. The van der Waals surface area contributed by atoms with Crippen molar-refractivity contribution in [2.75, 3.05) is 0 Å². The molecule has 0 unspecified atom stereocenters. The predicted octanol–water partition coefficient (Wildman–Crippen LogP) is 7.00. The fourth-order valence-corrected chi connectivity index (χ4v) is 5.19. The third-order valence-corrected chi connectivity index (χ3v) is 6.95. The van der Waals surface area contributed by atoms with Crippen molar-refractivity contribution < 1.29 is 10.2 Å². The molecule has 0 saturated heterocycles. The first-order valence-corrected chi connectivity index (χ1v) is 11.1. The van der Waals surface area contributed by atoms with Crippen molar-refractivity contribution in [3.63, 3.8) is 0 Å². The Balaban J connectivity index is 1.24. The van der Waals surface area contributed by atoms with Crippen LogP contribution in [-0.4, -0.2) is 10.2 Å². The molecule has 2 heteroatoms. The van der Waals surface area contributed by atoms with Crippen LogP contribution in [0.15, 0.2) is 72.8 Å². The van der Waals surface area contributed by atoms with Crippen molar-refractivity contribution in [1.82, 2.24) is 0 Å². The zero-order chi connectivity index (χ0) is 20.5. The van der Waals surface area contributed by atoms with Crippen LogP contribution in [0.5, 0.6) is 11.5 Å². The van der Waals surface area contributed by atoms with Gasteiger partial charge < -0.3 is 10.2 Å². The van der Waals surface area contributed by atoms with Gasteiger partial charge in [-0.05, 0) is 72.3 Å².